The number of para-hydroxylation sites is 1. The van der Waals surface area contributed by atoms with Gasteiger partial charge in [0, 0.05) is 14.2 Å². The van der Waals surface area contributed by atoms with E-state index in [1.54, 1.807) is 18.2 Å². The number of anilines is 1. The van der Waals surface area contributed by atoms with Gasteiger partial charge in [0.05, 0.1) is 28.9 Å². The second-order valence-electron chi connectivity index (χ2n) is 4.40. The maximum atomic E-state index is 11.9. The first-order chi connectivity index (χ1) is 9.86. The third-order valence-electron chi connectivity index (χ3n) is 2.65. The summed E-state index contributed by atoms with van der Waals surface area (Å²) < 4.78 is 4.80. The van der Waals surface area contributed by atoms with Crippen LogP contribution in [0.2, 0.25) is 10.0 Å². The average molecular weight is 371 g/mol. The summed E-state index contributed by atoms with van der Waals surface area (Å²) in [6, 6.07) is 4.06. The predicted octanol–water partition coefficient (Wildman–Crippen LogP) is 1.79. The Morgan fingerprint density at radius 1 is 1.36 bits per heavy atom. The Morgan fingerprint density at radius 2 is 1.91 bits per heavy atom. The summed E-state index contributed by atoms with van der Waals surface area (Å²) in [6.07, 6.45) is 0. The molecule has 1 rings (SSSR count). The number of nitrogens with two attached hydrogens (primary N) is 1. The van der Waals surface area contributed by atoms with Gasteiger partial charge in [-0.15, -0.1) is 12.4 Å². The van der Waals surface area contributed by atoms with E-state index in [9.17, 15) is 9.59 Å². The van der Waals surface area contributed by atoms with Crippen molar-refractivity contribution >= 4 is 53.1 Å². The molecule has 0 aliphatic rings. The Balaban J connectivity index is 0.00000441. The zero-order valence-corrected chi connectivity index (χ0v) is 14.5. The summed E-state index contributed by atoms with van der Waals surface area (Å²) in [6.45, 7) is -0.0844. The van der Waals surface area contributed by atoms with E-state index in [-0.39, 0.29) is 25.6 Å². The van der Waals surface area contributed by atoms with Crippen LogP contribution in [0.15, 0.2) is 18.2 Å². The number of rotatable bonds is 6. The highest BCUT2D eigenvalue weighted by atomic mass is 35.5. The van der Waals surface area contributed by atoms with Crippen molar-refractivity contribution in [2.75, 3.05) is 32.6 Å². The third-order valence-corrected chi connectivity index (χ3v) is 3.28. The van der Waals surface area contributed by atoms with Gasteiger partial charge in [-0.05, 0) is 12.1 Å². The number of halogens is 3. The zero-order valence-electron chi connectivity index (χ0n) is 12.1. The van der Waals surface area contributed by atoms with Crippen molar-refractivity contribution in [3.05, 3.63) is 28.2 Å². The molecular weight excluding hydrogens is 353 g/mol. The van der Waals surface area contributed by atoms with E-state index in [1.165, 1.54) is 19.1 Å². The van der Waals surface area contributed by atoms with E-state index < -0.39 is 17.9 Å². The van der Waals surface area contributed by atoms with Gasteiger partial charge in [0.25, 0.3) is 0 Å². The van der Waals surface area contributed by atoms with Crippen LogP contribution in [0.5, 0.6) is 0 Å². The summed E-state index contributed by atoms with van der Waals surface area (Å²) in [5.41, 5.74) is 5.93. The lowest BCUT2D eigenvalue weighted by Gasteiger charge is -2.20. The number of ether oxygens (including phenoxy) is 1. The van der Waals surface area contributed by atoms with Crippen LogP contribution in [0.1, 0.15) is 0 Å². The minimum absolute atomic E-state index is 0. The molecule has 22 heavy (non-hydrogen) atoms. The average Bonchev–Trinajstić information content (AvgIpc) is 2.42. The van der Waals surface area contributed by atoms with E-state index >= 15 is 0 Å². The van der Waals surface area contributed by atoms with Crippen LogP contribution in [-0.2, 0) is 14.3 Å². The molecule has 1 aromatic rings. The number of nitrogens with zero attached hydrogens (tertiary/aromatic N) is 1. The minimum atomic E-state index is -0.809. The first kappa shape index (κ1) is 20.9. The van der Waals surface area contributed by atoms with Crippen molar-refractivity contribution in [3.8, 4) is 0 Å². The van der Waals surface area contributed by atoms with Gasteiger partial charge in [-0.25, -0.2) is 0 Å². The number of likely N-dealkylation sites (N-methyl/N-ethyl adjacent to an activating group) is 1. The van der Waals surface area contributed by atoms with Crippen LogP contribution in [-0.4, -0.2) is 50.1 Å². The number of hydrogen-bond donors (Lipinski definition) is 2. The fourth-order valence-electron chi connectivity index (χ4n) is 1.62. The molecule has 1 atom stereocenters. The van der Waals surface area contributed by atoms with Gasteiger partial charge in [-0.1, -0.05) is 29.3 Å². The molecule has 2 amide bonds. The predicted molar refractivity (Wildman–Crippen MR) is 89.8 cm³/mol. The lowest BCUT2D eigenvalue weighted by atomic mass is 10.3. The van der Waals surface area contributed by atoms with Crippen molar-refractivity contribution in [2.24, 2.45) is 5.73 Å². The fraction of sp³-hybridized carbons (Fsp3) is 0.385. The second kappa shape index (κ2) is 9.86. The molecule has 0 saturated carbocycles. The molecule has 0 aliphatic carbocycles. The first-order valence-corrected chi connectivity index (χ1v) is 6.85. The number of amides is 2. The SMILES string of the molecule is COCC(N)C(=O)N(C)CC(=O)Nc1c(Cl)cccc1Cl.Cl. The zero-order chi connectivity index (χ0) is 16.0. The van der Waals surface area contributed by atoms with Crippen molar-refractivity contribution in [1.82, 2.24) is 4.90 Å². The van der Waals surface area contributed by atoms with Crippen LogP contribution in [0, 0.1) is 0 Å². The number of methoxy groups -OCH3 is 1. The van der Waals surface area contributed by atoms with Crippen LogP contribution in [0.4, 0.5) is 5.69 Å². The van der Waals surface area contributed by atoms with Crippen LogP contribution >= 0.6 is 35.6 Å². The second-order valence-corrected chi connectivity index (χ2v) is 5.22. The van der Waals surface area contributed by atoms with Gasteiger partial charge in [0.2, 0.25) is 11.8 Å². The standard InChI is InChI=1S/C13H17Cl2N3O3.ClH/c1-18(13(20)10(16)7-21-2)6-11(19)17-12-8(14)4-3-5-9(12)15;/h3-5,10H,6-7,16H2,1-2H3,(H,17,19);1H. The smallest absolute Gasteiger partial charge is 0.244 e. The molecule has 1 aromatic carbocycles. The molecule has 124 valence electrons. The molecule has 1 unspecified atom stereocenters. The lowest BCUT2D eigenvalue weighted by Crippen LogP contribution is -2.46. The summed E-state index contributed by atoms with van der Waals surface area (Å²) in [5, 5.41) is 3.21. The molecule has 0 spiro atoms. The summed E-state index contributed by atoms with van der Waals surface area (Å²) in [4.78, 5) is 25.0. The Morgan fingerprint density at radius 3 is 2.41 bits per heavy atom. The number of carbonyl (C=O) groups excluding carboxylic acids is 2. The molecule has 0 aromatic heterocycles. The van der Waals surface area contributed by atoms with Gasteiger partial charge < -0.3 is 20.7 Å². The Bertz CT molecular complexity index is 508. The topological polar surface area (TPSA) is 84.7 Å². The number of nitrogens with one attached hydrogen (secondary N) is 1. The molecule has 0 radical (unpaired) electrons. The van der Waals surface area contributed by atoms with E-state index in [2.05, 4.69) is 5.32 Å². The summed E-state index contributed by atoms with van der Waals surface area (Å²) >= 11 is 11.9. The highest BCUT2D eigenvalue weighted by Gasteiger charge is 2.20. The van der Waals surface area contributed by atoms with Gasteiger partial charge in [-0.3, -0.25) is 9.59 Å². The molecule has 3 N–H and O–H groups in total. The van der Waals surface area contributed by atoms with Crippen molar-refractivity contribution < 1.29 is 14.3 Å². The maximum Gasteiger partial charge on any atom is 0.244 e. The molecule has 0 saturated heterocycles. The van der Waals surface area contributed by atoms with E-state index in [0.29, 0.717) is 15.7 Å². The quantitative estimate of drug-likeness (QED) is 0.799. The molecular formula is C13H18Cl3N3O3. The third kappa shape index (κ3) is 5.98. The monoisotopic (exact) mass is 369 g/mol. The number of benzene rings is 1. The van der Waals surface area contributed by atoms with Crippen LogP contribution in [0.25, 0.3) is 0 Å². The fourth-order valence-corrected chi connectivity index (χ4v) is 2.12. The van der Waals surface area contributed by atoms with Gasteiger partial charge in [0.15, 0.2) is 0 Å². The molecule has 6 nitrogen and oxygen atoms in total. The van der Waals surface area contributed by atoms with Crippen molar-refractivity contribution in [3.63, 3.8) is 0 Å². The Kier molecular flexibility index (Phi) is 9.39. The lowest BCUT2D eigenvalue weighted by molar-refractivity contribution is -0.135. The van der Waals surface area contributed by atoms with Gasteiger partial charge >= 0.3 is 0 Å². The van der Waals surface area contributed by atoms with E-state index in [0.717, 1.165) is 0 Å². The van der Waals surface area contributed by atoms with Gasteiger partial charge in [-0.2, -0.15) is 0 Å². The number of carbonyl (C=O) groups is 2. The Labute approximate surface area is 145 Å². The minimum Gasteiger partial charge on any atom is -0.383 e. The first-order valence-electron chi connectivity index (χ1n) is 6.10. The molecule has 9 heteroatoms. The molecule has 0 aliphatic heterocycles. The van der Waals surface area contributed by atoms with E-state index in [4.69, 9.17) is 33.7 Å². The Hall–Kier alpha value is -1.05. The molecule has 0 heterocycles. The maximum absolute atomic E-state index is 11.9. The normalized spacial score (nSPS) is 11.3. The van der Waals surface area contributed by atoms with Crippen LogP contribution in [0.3, 0.4) is 0 Å². The van der Waals surface area contributed by atoms with Crippen molar-refractivity contribution in [2.45, 2.75) is 6.04 Å². The summed E-state index contributed by atoms with van der Waals surface area (Å²) in [5.74, 6) is -0.817. The van der Waals surface area contributed by atoms with Gasteiger partial charge in [0.1, 0.15) is 6.04 Å². The largest absolute Gasteiger partial charge is 0.383 e. The number of hydrogen-bond acceptors (Lipinski definition) is 4. The van der Waals surface area contributed by atoms with Crippen LogP contribution < -0.4 is 11.1 Å². The molecule has 0 bridgehead atoms. The summed E-state index contributed by atoms with van der Waals surface area (Å²) in [7, 11) is 2.92. The highest BCUT2D eigenvalue weighted by Crippen LogP contribution is 2.29. The van der Waals surface area contributed by atoms with E-state index in [1.807, 2.05) is 0 Å². The van der Waals surface area contributed by atoms with Crippen molar-refractivity contribution in [1.29, 1.82) is 0 Å². The highest BCUT2D eigenvalue weighted by molar-refractivity contribution is 6.39. The molecule has 0 fully saturated rings.